The van der Waals surface area contributed by atoms with Crippen molar-refractivity contribution in [3.05, 3.63) is 47.4 Å². The van der Waals surface area contributed by atoms with E-state index in [1.54, 1.807) is 18.0 Å². The van der Waals surface area contributed by atoms with Gasteiger partial charge in [-0.15, -0.1) is 0 Å². The largest absolute Gasteiger partial charge is 0.265 e. The fourth-order valence-electron chi connectivity index (χ4n) is 0.533. The molecule has 0 spiro atoms. The van der Waals surface area contributed by atoms with Crippen LogP contribution >= 0.6 is 11.8 Å². The zero-order valence-corrected chi connectivity index (χ0v) is 9.03. The summed E-state index contributed by atoms with van der Waals surface area (Å²) >= 11 is 1.60. The van der Waals surface area contributed by atoms with Crippen LogP contribution in [0.25, 0.3) is 0 Å². The van der Waals surface area contributed by atoms with Crippen molar-refractivity contribution >= 4 is 18.0 Å². The highest BCUT2D eigenvalue weighted by atomic mass is 32.2. The Bertz CT molecular complexity index is 272. The van der Waals surface area contributed by atoms with Gasteiger partial charge in [0.25, 0.3) is 0 Å². The minimum atomic E-state index is 0.825. The third kappa shape index (κ3) is 5.26. The SMILES string of the molecule is C=CN=CC(=C)C(=C)SC(C)=CC. The summed E-state index contributed by atoms with van der Waals surface area (Å²) in [4.78, 5) is 6.00. The van der Waals surface area contributed by atoms with Gasteiger partial charge >= 0.3 is 0 Å². The van der Waals surface area contributed by atoms with Gasteiger partial charge in [0.1, 0.15) is 0 Å². The van der Waals surface area contributed by atoms with Crippen LogP contribution < -0.4 is 0 Å². The maximum Gasteiger partial charge on any atom is 0.0345 e. The molecule has 0 bridgehead atoms. The van der Waals surface area contributed by atoms with Crippen molar-refractivity contribution in [2.45, 2.75) is 13.8 Å². The van der Waals surface area contributed by atoms with E-state index in [2.05, 4.69) is 24.7 Å². The summed E-state index contributed by atoms with van der Waals surface area (Å²) in [6.45, 7) is 15.2. The topological polar surface area (TPSA) is 12.4 Å². The summed E-state index contributed by atoms with van der Waals surface area (Å²) in [5, 5.41) is 0. The van der Waals surface area contributed by atoms with Crippen LogP contribution in [0.5, 0.6) is 0 Å². The lowest BCUT2D eigenvalue weighted by Gasteiger charge is -2.03. The van der Waals surface area contributed by atoms with E-state index in [9.17, 15) is 0 Å². The maximum atomic E-state index is 3.89. The predicted molar refractivity (Wildman–Crippen MR) is 64.0 cm³/mol. The van der Waals surface area contributed by atoms with Crippen LogP contribution in [0, 0.1) is 0 Å². The maximum absolute atomic E-state index is 3.89. The average Bonchev–Trinajstić information content (AvgIpc) is 2.13. The van der Waals surface area contributed by atoms with Crippen LogP contribution in [0.3, 0.4) is 0 Å². The molecule has 1 nitrogen and oxygen atoms in total. The average molecular weight is 193 g/mol. The van der Waals surface area contributed by atoms with E-state index in [-0.39, 0.29) is 0 Å². The third-order valence-electron chi connectivity index (χ3n) is 1.38. The van der Waals surface area contributed by atoms with Gasteiger partial charge in [-0.25, -0.2) is 0 Å². The second-order valence-electron chi connectivity index (χ2n) is 2.41. The molecule has 0 aromatic heterocycles. The van der Waals surface area contributed by atoms with Crippen molar-refractivity contribution in [2.24, 2.45) is 4.99 Å². The Morgan fingerprint density at radius 1 is 1.38 bits per heavy atom. The third-order valence-corrected chi connectivity index (χ3v) is 2.45. The lowest BCUT2D eigenvalue weighted by Crippen LogP contribution is -1.83. The van der Waals surface area contributed by atoms with Crippen LogP contribution in [0.1, 0.15) is 13.8 Å². The standard InChI is InChI=1S/C11H15NS/c1-6-10(4)13-11(5)9(3)8-12-7-2/h6-8H,2-3,5H2,1,4H3. The lowest BCUT2D eigenvalue weighted by molar-refractivity contribution is 1.59. The molecule has 2 heteroatoms. The normalized spacial score (nSPS) is 11.7. The number of allylic oxidation sites excluding steroid dienone is 3. The number of aliphatic imine (C=N–C) groups is 1. The molecule has 0 rings (SSSR count). The molecule has 0 heterocycles. The van der Waals surface area contributed by atoms with E-state index in [1.165, 1.54) is 11.1 Å². The van der Waals surface area contributed by atoms with E-state index in [4.69, 9.17) is 0 Å². The highest BCUT2D eigenvalue weighted by molar-refractivity contribution is 8.06. The molecule has 13 heavy (non-hydrogen) atoms. The second-order valence-corrected chi connectivity index (χ2v) is 3.75. The van der Waals surface area contributed by atoms with Crippen LogP contribution in [0.15, 0.2) is 52.4 Å². The van der Waals surface area contributed by atoms with E-state index in [1.807, 2.05) is 19.9 Å². The van der Waals surface area contributed by atoms with E-state index < -0.39 is 0 Å². The molecule has 0 aliphatic rings. The van der Waals surface area contributed by atoms with Gasteiger partial charge in [0.05, 0.1) is 0 Å². The Morgan fingerprint density at radius 3 is 2.46 bits per heavy atom. The van der Waals surface area contributed by atoms with Gasteiger partial charge in [0.2, 0.25) is 0 Å². The van der Waals surface area contributed by atoms with Gasteiger partial charge in [-0.1, -0.05) is 37.6 Å². The first-order valence-electron chi connectivity index (χ1n) is 3.94. The minimum Gasteiger partial charge on any atom is -0.265 e. The lowest BCUT2D eigenvalue weighted by atomic mass is 10.3. The molecule has 0 unspecified atom stereocenters. The predicted octanol–water partition coefficient (Wildman–Crippen LogP) is 3.93. The fraction of sp³-hybridized carbons (Fsp3) is 0.182. The van der Waals surface area contributed by atoms with Crippen molar-refractivity contribution in [1.82, 2.24) is 0 Å². The molecular weight excluding hydrogens is 178 g/mol. The van der Waals surface area contributed by atoms with Crippen molar-refractivity contribution in [2.75, 3.05) is 0 Å². The second kappa shape index (κ2) is 6.49. The molecule has 0 saturated carbocycles. The molecule has 0 aliphatic heterocycles. The minimum absolute atomic E-state index is 0.825. The zero-order chi connectivity index (χ0) is 10.3. The summed E-state index contributed by atoms with van der Waals surface area (Å²) in [5.41, 5.74) is 0.825. The first-order valence-corrected chi connectivity index (χ1v) is 4.76. The smallest absolute Gasteiger partial charge is 0.0345 e. The number of thioether (sulfide) groups is 1. The quantitative estimate of drug-likeness (QED) is 0.476. The molecule has 0 aromatic carbocycles. The Morgan fingerprint density at radius 2 is 2.00 bits per heavy atom. The Kier molecular flexibility index (Phi) is 5.98. The Labute approximate surface area is 84.6 Å². The highest BCUT2D eigenvalue weighted by Crippen LogP contribution is 2.27. The first-order chi connectivity index (χ1) is 6.11. The van der Waals surface area contributed by atoms with Crippen molar-refractivity contribution < 1.29 is 0 Å². The molecule has 70 valence electrons. The summed E-state index contributed by atoms with van der Waals surface area (Å²) in [6.07, 6.45) is 5.17. The Balaban J connectivity index is 4.20. The zero-order valence-electron chi connectivity index (χ0n) is 8.21. The molecule has 0 aromatic rings. The summed E-state index contributed by atoms with van der Waals surface area (Å²) in [7, 11) is 0. The van der Waals surface area contributed by atoms with Crippen LogP contribution in [-0.2, 0) is 0 Å². The van der Waals surface area contributed by atoms with Gasteiger partial charge in [0, 0.05) is 17.3 Å². The molecule has 0 saturated heterocycles. The van der Waals surface area contributed by atoms with Gasteiger partial charge in [0.15, 0.2) is 0 Å². The molecular formula is C11H15NS. The van der Waals surface area contributed by atoms with Gasteiger partial charge < -0.3 is 0 Å². The number of rotatable bonds is 5. The molecule has 0 fully saturated rings. The van der Waals surface area contributed by atoms with Gasteiger partial charge in [-0.3, -0.25) is 4.99 Å². The van der Waals surface area contributed by atoms with E-state index in [0.717, 1.165) is 10.5 Å². The van der Waals surface area contributed by atoms with Gasteiger partial charge in [-0.2, -0.15) is 0 Å². The number of hydrogen-bond acceptors (Lipinski definition) is 2. The van der Waals surface area contributed by atoms with Crippen LogP contribution in [-0.4, -0.2) is 6.21 Å². The molecule has 0 radical (unpaired) electrons. The van der Waals surface area contributed by atoms with Crippen LogP contribution in [0.4, 0.5) is 0 Å². The molecule has 0 atom stereocenters. The summed E-state index contributed by atoms with van der Waals surface area (Å²) in [5.74, 6) is 0. The number of hydrogen-bond donors (Lipinski definition) is 0. The fourth-order valence-corrected chi connectivity index (χ4v) is 1.22. The van der Waals surface area contributed by atoms with E-state index in [0.29, 0.717) is 0 Å². The highest BCUT2D eigenvalue weighted by Gasteiger charge is 1.98. The molecule has 0 aliphatic carbocycles. The molecule has 0 N–H and O–H groups in total. The van der Waals surface area contributed by atoms with Gasteiger partial charge in [-0.05, 0) is 24.3 Å². The first kappa shape index (κ1) is 12.0. The van der Waals surface area contributed by atoms with Crippen molar-refractivity contribution in [3.8, 4) is 0 Å². The van der Waals surface area contributed by atoms with E-state index >= 15 is 0 Å². The summed E-state index contributed by atoms with van der Waals surface area (Å²) < 4.78 is 0. The molecule has 0 amide bonds. The summed E-state index contributed by atoms with van der Waals surface area (Å²) in [6, 6.07) is 0. The number of nitrogens with zero attached hydrogens (tertiary/aromatic N) is 1. The monoisotopic (exact) mass is 193 g/mol. The van der Waals surface area contributed by atoms with Crippen LogP contribution in [0.2, 0.25) is 0 Å². The van der Waals surface area contributed by atoms with Crippen molar-refractivity contribution in [3.63, 3.8) is 0 Å². The van der Waals surface area contributed by atoms with Crippen molar-refractivity contribution in [1.29, 1.82) is 0 Å². The Hall–Kier alpha value is -1.02.